The number of benzene rings is 2. The number of halogens is 1. The van der Waals surface area contributed by atoms with Gasteiger partial charge in [0.05, 0.1) is 18.5 Å². The van der Waals surface area contributed by atoms with Gasteiger partial charge in [-0.1, -0.05) is 41.9 Å². The second-order valence-electron chi connectivity index (χ2n) is 4.99. The van der Waals surface area contributed by atoms with Crippen molar-refractivity contribution in [3.63, 3.8) is 0 Å². The molecule has 0 saturated heterocycles. The SMILES string of the molecule is COC(=O)c1cc(-c2ccc(Cl)cc2)nn(-c2ccccc2)c1=O. The molecule has 5 nitrogen and oxygen atoms in total. The van der Waals surface area contributed by atoms with Gasteiger partial charge in [-0.3, -0.25) is 4.79 Å². The fourth-order valence-electron chi connectivity index (χ4n) is 2.26. The molecule has 2 aromatic carbocycles. The first-order valence-corrected chi connectivity index (χ1v) is 7.52. The van der Waals surface area contributed by atoms with E-state index in [-0.39, 0.29) is 5.56 Å². The third-order valence-corrected chi connectivity index (χ3v) is 3.71. The van der Waals surface area contributed by atoms with E-state index in [2.05, 4.69) is 5.10 Å². The van der Waals surface area contributed by atoms with Crippen molar-refractivity contribution in [3.8, 4) is 16.9 Å². The molecule has 0 amide bonds. The molecular formula is C18H13ClN2O3. The minimum absolute atomic E-state index is 0.0821. The molecule has 3 rings (SSSR count). The third kappa shape index (κ3) is 3.07. The Kier molecular flexibility index (Phi) is 4.44. The molecule has 1 aromatic heterocycles. The molecule has 0 aliphatic heterocycles. The first-order valence-electron chi connectivity index (χ1n) is 7.14. The summed E-state index contributed by atoms with van der Waals surface area (Å²) < 4.78 is 5.91. The first kappa shape index (κ1) is 16.0. The second-order valence-corrected chi connectivity index (χ2v) is 5.43. The number of esters is 1. The molecule has 24 heavy (non-hydrogen) atoms. The number of aromatic nitrogens is 2. The van der Waals surface area contributed by atoms with Crippen LogP contribution in [0, 0.1) is 0 Å². The molecule has 0 saturated carbocycles. The van der Waals surface area contributed by atoms with Crippen LogP contribution in [0.5, 0.6) is 0 Å². The lowest BCUT2D eigenvalue weighted by Crippen LogP contribution is -2.28. The highest BCUT2D eigenvalue weighted by Gasteiger charge is 2.17. The van der Waals surface area contributed by atoms with Crippen molar-refractivity contribution < 1.29 is 9.53 Å². The predicted octanol–water partition coefficient (Wildman–Crippen LogP) is 3.34. The van der Waals surface area contributed by atoms with Crippen molar-refractivity contribution in [2.24, 2.45) is 0 Å². The van der Waals surface area contributed by atoms with Gasteiger partial charge in [-0.25, -0.2) is 4.79 Å². The average molecular weight is 341 g/mol. The number of para-hydroxylation sites is 1. The van der Waals surface area contributed by atoms with Crippen LogP contribution in [0.3, 0.4) is 0 Å². The molecule has 0 aliphatic carbocycles. The quantitative estimate of drug-likeness (QED) is 0.686. The maximum Gasteiger partial charge on any atom is 0.343 e. The van der Waals surface area contributed by atoms with Crippen LogP contribution in [0.4, 0.5) is 0 Å². The average Bonchev–Trinajstić information content (AvgIpc) is 2.63. The van der Waals surface area contributed by atoms with E-state index in [1.165, 1.54) is 17.9 Å². The van der Waals surface area contributed by atoms with Gasteiger partial charge in [0.25, 0.3) is 5.56 Å². The van der Waals surface area contributed by atoms with Crippen LogP contribution in [0.2, 0.25) is 5.02 Å². The van der Waals surface area contributed by atoms with Crippen LogP contribution in [0.15, 0.2) is 65.5 Å². The van der Waals surface area contributed by atoms with Crippen LogP contribution in [-0.2, 0) is 4.74 Å². The molecule has 0 aliphatic rings. The number of rotatable bonds is 3. The van der Waals surface area contributed by atoms with Crippen molar-refractivity contribution in [3.05, 3.63) is 81.6 Å². The van der Waals surface area contributed by atoms with Gasteiger partial charge in [0.15, 0.2) is 0 Å². The van der Waals surface area contributed by atoms with Crippen molar-refractivity contribution in [2.45, 2.75) is 0 Å². The molecule has 0 fully saturated rings. The van der Waals surface area contributed by atoms with Crippen LogP contribution >= 0.6 is 11.6 Å². The molecule has 1 heterocycles. The van der Waals surface area contributed by atoms with E-state index in [9.17, 15) is 9.59 Å². The molecule has 0 radical (unpaired) electrons. The number of carbonyl (C=O) groups excluding carboxylic acids is 1. The van der Waals surface area contributed by atoms with E-state index < -0.39 is 11.5 Å². The Bertz CT molecular complexity index is 935. The van der Waals surface area contributed by atoms with Gasteiger partial charge in [-0.15, -0.1) is 0 Å². The summed E-state index contributed by atoms with van der Waals surface area (Å²) in [4.78, 5) is 24.6. The topological polar surface area (TPSA) is 61.2 Å². The molecule has 0 spiro atoms. The van der Waals surface area contributed by atoms with Gasteiger partial charge in [0.2, 0.25) is 0 Å². The van der Waals surface area contributed by atoms with Crippen molar-refractivity contribution in [1.29, 1.82) is 0 Å². The number of hydrogen-bond donors (Lipinski definition) is 0. The molecule has 3 aromatic rings. The first-order chi connectivity index (χ1) is 11.6. The normalized spacial score (nSPS) is 10.4. The van der Waals surface area contributed by atoms with E-state index >= 15 is 0 Å². The van der Waals surface area contributed by atoms with Crippen molar-refractivity contribution in [2.75, 3.05) is 7.11 Å². The Morgan fingerprint density at radius 1 is 1.08 bits per heavy atom. The molecular weight excluding hydrogens is 328 g/mol. The lowest BCUT2D eigenvalue weighted by molar-refractivity contribution is 0.0598. The number of carbonyl (C=O) groups is 1. The number of ether oxygens (including phenoxy) is 1. The van der Waals surface area contributed by atoms with Gasteiger partial charge in [0, 0.05) is 10.6 Å². The summed E-state index contributed by atoms with van der Waals surface area (Å²) in [5.41, 5.74) is 1.14. The maximum atomic E-state index is 12.6. The Balaban J connectivity index is 2.25. The Labute approximate surface area is 143 Å². The zero-order valence-electron chi connectivity index (χ0n) is 12.8. The maximum absolute atomic E-state index is 12.6. The van der Waals surface area contributed by atoms with Crippen LogP contribution < -0.4 is 5.56 Å². The molecule has 6 heteroatoms. The summed E-state index contributed by atoms with van der Waals surface area (Å²) in [5, 5.41) is 4.96. The van der Waals surface area contributed by atoms with E-state index in [1.54, 1.807) is 48.5 Å². The van der Waals surface area contributed by atoms with E-state index in [4.69, 9.17) is 16.3 Å². The van der Waals surface area contributed by atoms with Gasteiger partial charge < -0.3 is 4.74 Å². The van der Waals surface area contributed by atoms with Crippen molar-refractivity contribution >= 4 is 17.6 Å². The lowest BCUT2D eigenvalue weighted by atomic mass is 10.1. The second kappa shape index (κ2) is 6.68. The van der Waals surface area contributed by atoms with Crippen molar-refractivity contribution in [1.82, 2.24) is 9.78 Å². The molecule has 0 bridgehead atoms. The van der Waals surface area contributed by atoms with Gasteiger partial charge >= 0.3 is 5.97 Å². The van der Waals surface area contributed by atoms with E-state index in [0.29, 0.717) is 16.4 Å². The highest BCUT2D eigenvalue weighted by Crippen LogP contribution is 2.20. The number of methoxy groups -OCH3 is 1. The lowest BCUT2D eigenvalue weighted by Gasteiger charge is -2.10. The predicted molar refractivity (Wildman–Crippen MR) is 91.6 cm³/mol. The fourth-order valence-corrected chi connectivity index (χ4v) is 2.38. The standard InChI is InChI=1S/C18H13ClN2O3/c1-24-18(23)15-11-16(12-7-9-13(19)10-8-12)20-21(17(15)22)14-5-3-2-4-6-14/h2-11H,1H3. The largest absolute Gasteiger partial charge is 0.465 e. The smallest absolute Gasteiger partial charge is 0.343 e. The molecule has 0 atom stereocenters. The van der Waals surface area contributed by atoms with E-state index in [1.807, 2.05) is 6.07 Å². The van der Waals surface area contributed by atoms with Crippen LogP contribution in [0.25, 0.3) is 16.9 Å². The summed E-state index contributed by atoms with van der Waals surface area (Å²) >= 11 is 5.91. The third-order valence-electron chi connectivity index (χ3n) is 3.46. The Morgan fingerprint density at radius 2 is 1.75 bits per heavy atom. The fraction of sp³-hybridized carbons (Fsp3) is 0.0556. The minimum atomic E-state index is -0.706. The van der Waals surface area contributed by atoms with Crippen LogP contribution in [-0.4, -0.2) is 22.9 Å². The highest BCUT2D eigenvalue weighted by molar-refractivity contribution is 6.30. The summed E-state index contributed by atoms with van der Waals surface area (Å²) in [7, 11) is 1.23. The molecule has 120 valence electrons. The number of hydrogen-bond acceptors (Lipinski definition) is 4. The highest BCUT2D eigenvalue weighted by atomic mass is 35.5. The molecule has 0 N–H and O–H groups in total. The van der Waals surface area contributed by atoms with Gasteiger partial charge in [-0.05, 0) is 30.3 Å². The number of nitrogens with zero attached hydrogens (tertiary/aromatic N) is 2. The Morgan fingerprint density at radius 3 is 2.38 bits per heavy atom. The zero-order valence-corrected chi connectivity index (χ0v) is 13.5. The summed E-state index contributed by atoms with van der Waals surface area (Å²) in [5.74, 6) is -0.706. The molecule has 0 unspecified atom stereocenters. The Hall–Kier alpha value is -2.92. The summed E-state index contributed by atoms with van der Waals surface area (Å²) in [6.45, 7) is 0. The summed E-state index contributed by atoms with van der Waals surface area (Å²) in [6, 6.07) is 17.3. The van der Waals surface area contributed by atoms with E-state index in [0.717, 1.165) is 5.56 Å². The van der Waals surface area contributed by atoms with Gasteiger partial charge in [-0.2, -0.15) is 9.78 Å². The minimum Gasteiger partial charge on any atom is -0.465 e. The van der Waals surface area contributed by atoms with Gasteiger partial charge in [0.1, 0.15) is 5.56 Å². The summed E-state index contributed by atoms with van der Waals surface area (Å²) in [6.07, 6.45) is 0. The monoisotopic (exact) mass is 340 g/mol. The van der Waals surface area contributed by atoms with Crippen LogP contribution in [0.1, 0.15) is 10.4 Å². The zero-order chi connectivity index (χ0) is 17.1.